The SMILES string of the molecule is Cc1nc(C)nc(-c2ccc3c(c2)c2ccccc2n3-c2cccc3c2C(=O)N(c2ccccc2-c2ccccc2)C3=O)n1. The lowest BCUT2D eigenvalue weighted by Crippen LogP contribution is -2.30. The number of hydrogen-bond donors (Lipinski definition) is 0. The summed E-state index contributed by atoms with van der Waals surface area (Å²) in [5, 5.41) is 2.02. The maximum absolute atomic E-state index is 14.4. The molecule has 7 aromatic rings. The Kier molecular flexibility index (Phi) is 5.74. The van der Waals surface area contributed by atoms with Gasteiger partial charge in [0.1, 0.15) is 11.6 Å². The van der Waals surface area contributed by atoms with Gasteiger partial charge in [0.05, 0.1) is 33.5 Å². The van der Waals surface area contributed by atoms with Crippen molar-refractivity contribution in [3.63, 3.8) is 0 Å². The molecule has 0 saturated heterocycles. The molecule has 0 saturated carbocycles. The molecular formula is C37H25N5O2. The number of fused-ring (bicyclic) bond motifs is 4. The number of nitrogens with zero attached hydrogens (tertiary/aromatic N) is 5. The molecule has 0 radical (unpaired) electrons. The summed E-state index contributed by atoms with van der Waals surface area (Å²) in [6.07, 6.45) is 0. The molecule has 0 N–H and O–H groups in total. The summed E-state index contributed by atoms with van der Waals surface area (Å²) in [6.45, 7) is 3.72. The van der Waals surface area contributed by atoms with E-state index in [0.717, 1.165) is 38.5 Å². The van der Waals surface area contributed by atoms with Gasteiger partial charge in [-0.1, -0.05) is 72.8 Å². The average Bonchev–Trinajstić information content (AvgIpc) is 3.51. The van der Waals surface area contributed by atoms with Gasteiger partial charge < -0.3 is 4.57 Å². The van der Waals surface area contributed by atoms with Crippen LogP contribution in [-0.4, -0.2) is 31.3 Å². The Balaban J connectivity index is 1.32. The van der Waals surface area contributed by atoms with Crippen LogP contribution in [0.25, 0.3) is 50.0 Å². The number of anilines is 1. The summed E-state index contributed by atoms with van der Waals surface area (Å²) in [6, 6.07) is 37.0. The number of rotatable bonds is 4. The fourth-order valence-corrected chi connectivity index (χ4v) is 6.32. The van der Waals surface area contributed by atoms with E-state index in [1.165, 1.54) is 4.90 Å². The first kappa shape index (κ1) is 25.7. The van der Waals surface area contributed by atoms with Crippen LogP contribution >= 0.6 is 0 Å². The highest BCUT2D eigenvalue weighted by molar-refractivity contribution is 6.36. The van der Waals surface area contributed by atoms with Crippen molar-refractivity contribution < 1.29 is 9.59 Å². The van der Waals surface area contributed by atoms with E-state index in [9.17, 15) is 9.59 Å². The van der Waals surface area contributed by atoms with Crippen LogP contribution in [0.1, 0.15) is 32.4 Å². The number of hydrogen-bond acceptors (Lipinski definition) is 5. The lowest BCUT2D eigenvalue weighted by molar-refractivity contribution is 0.0926. The molecule has 210 valence electrons. The van der Waals surface area contributed by atoms with E-state index in [-0.39, 0.29) is 11.8 Å². The molecule has 0 spiro atoms. The van der Waals surface area contributed by atoms with Gasteiger partial charge in [-0.2, -0.15) is 0 Å². The van der Waals surface area contributed by atoms with Crippen molar-refractivity contribution in [2.24, 2.45) is 0 Å². The minimum Gasteiger partial charge on any atom is -0.308 e. The van der Waals surface area contributed by atoms with Gasteiger partial charge >= 0.3 is 0 Å². The maximum atomic E-state index is 14.4. The van der Waals surface area contributed by atoms with E-state index >= 15 is 0 Å². The molecule has 7 nitrogen and oxygen atoms in total. The average molecular weight is 572 g/mol. The Morgan fingerprint density at radius 2 is 1.18 bits per heavy atom. The zero-order valence-electron chi connectivity index (χ0n) is 24.0. The number of imide groups is 1. The zero-order valence-corrected chi connectivity index (χ0v) is 24.0. The van der Waals surface area contributed by atoms with Crippen LogP contribution in [0, 0.1) is 13.8 Å². The first-order valence-electron chi connectivity index (χ1n) is 14.4. The number of amides is 2. The van der Waals surface area contributed by atoms with Crippen LogP contribution in [0.4, 0.5) is 5.69 Å². The summed E-state index contributed by atoms with van der Waals surface area (Å²) in [5.74, 6) is 1.26. The lowest BCUT2D eigenvalue weighted by Gasteiger charge is -2.18. The standard InChI is InChI=1S/C37H25N5O2/c1-22-38-23(2)40-35(39-22)25-19-20-32-29(21-25)27-14-7-9-17-31(27)41(32)33-18-10-15-28-34(33)37(44)42(36(28)43)30-16-8-6-13-26(30)24-11-4-3-5-12-24/h3-21H,1-2H3. The minimum atomic E-state index is -0.345. The third kappa shape index (κ3) is 3.86. The van der Waals surface area contributed by atoms with Gasteiger partial charge in [0.15, 0.2) is 5.82 Å². The topological polar surface area (TPSA) is 81.0 Å². The zero-order chi connectivity index (χ0) is 29.9. The molecule has 1 aliphatic rings. The fraction of sp³-hybridized carbons (Fsp3) is 0.0541. The summed E-state index contributed by atoms with van der Waals surface area (Å²) in [5.41, 5.74) is 6.46. The van der Waals surface area contributed by atoms with E-state index < -0.39 is 0 Å². The summed E-state index contributed by atoms with van der Waals surface area (Å²) in [4.78, 5) is 43.1. The van der Waals surface area contributed by atoms with Crippen molar-refractivity contribution in [3.05, 3.63) is 138 Å². The summed E-state index contributed by atoms with van der Waals surface area (Å²) in [7, 11) is 0. The van der Waals surface area contributed by atoms with Crippen LogP contribution < -0.4 is 4.90 Å². The quantitative estimate of drug-likeness (QED) is 0.202. The number of carbonyl (C=O) groups is 2. The van der Waals surface area contributed by atoms with E-state index in [1.54, 1.807) is 6.07 Å². The molecule has 0 bridgehead atoms. The highest BCUT2D eigenvalue weighted by Crippen LogP contribution is 2.40. The smallest absolute Gasteiger partial charge is 0.268 e. The van der Waals surface area contributed by atoms with Crippen LogP contribution in [0.15, 0.2) is 115 Å². The highest BCUT2D eigenvalue weighted by atomic mass is 16.2. The van der Waals surface area contributed by atoms with Crippen molar-refractivity contribution in [3.8, 4) is 28.2 Å². The monoisotopic (exact) mass is 571 g/mol. The Morgan fingerprint density at radius 3 is 2.00 bits per heavy atom. The Labute approximate surface area is 253 Å². The van der Waals surface area contributed by atoms with Crippen LogP contribution in [0.5, 0.6) is 0 Å². The van der Waals surface area contributed by atoms with Crippen molar-refractivity contribution in [2.75, 3.05) is 4.90 Å². The van der Waals surface area contributed by atoms with Crippen molar-refractivity contribution in [2.45, 2.75) is 13.8 Å². The van der Waals surface area contributed by atoms with Crippen LogP contribution in [-0.2, 0) is 0 Å². The van der Waals surface area contributed by atoms with Crippen LogP contribution in [0.2, 0.25) is 0 Å². The van der Waals surface area contributed by atoms with E-state index in [4.69, 9.17) is 0 Å². The van der Waals surface area contributed by atoms with E-state index in [1.807, 2.05) is 111 Å². The first-order valence-corrected chi connectivity index (χ1v) is 14.4. The number of para-hydroxylation sites is 2. The first-order chi connectivity index (χ1) is 21.5. The minimum absolute atomic E-state index is 0.334. The molecule has 2 amide bonds. The largest absolute Gasteiger partial charge is 0.308 e. The maximum Gasteiger partial charge on any atom is 0.268 e. The third-order valence-corrected chi connectivity index (χ3v) is 8.15. The van der Waals surface area contributed by atoms with E-state index in [0.29, 0.717) is 40.0 Å². The summed E-state index contributed by atoms with van der Waals surface area (Å²) < 4.78 is 2.08. The molecule has 2 aromatic heterocycles. The molecule has 0 aliphatic carbocycles. The molecule has 1 aliphatic heterocycles. The number of aryl methyl sites for hydroxylation is 2. The van der Waals surface area contributed by atoms with Gasteiger partial charge in [-0.15, -0.1) is 0 Å². The fourth-order valence-electron chi connectivity index (χ4n) is 6.32. The summed E-state index contributed by atoms with van der Waals surface area (Å²) >= 11 is 0. The van der Waals surface area contributed by atoms with Crippen molar-refractivity contribution in [1.82, 2.24) is 19.5 Å². The van der Waals surface area contributed by atoms with Gasteiger partial charge in [0.2, 0.25) is 0 Å². The van der Waals surface area contributed by atoms with Crippen molar-refractivity contribution >= 4 is 39.3 Å². The molecule has 0 unspecified atom stereocenters. The number of carbonyl (C=O) groups excluding carboxylic acids is 2. The molecule has 8 rings (SSSR count). The molecule has 3 heterocycles. The van der Waals surface area contributed by atoms with Gasteiger partial charge in [0, 0.05) is 21.9 Å². The van der Waals surface area contributed by atoms with Gasteiger partial charge in [-0.25, -0.2) is 19.9 Å². The second-order valence-corrected chi connectivity index (χ2v) is 10.9. The second kappa shape index (κ2) is 9.81. The highest BCUT2D eigenvalue weighted by Gasteiger charge is 2.40. The van der Waals surface area contributed by atoms with Gasteiger partial charge in [-0.05, 0) is 61.9 Å². The van der Waals surface area contributed by atoms with Gasteiger partial charge in [-0.3, -0.25) is 9.59 Å². The predicted molar refractivity (Wildman–Crippen MR) is 172 cm³/mol. The Morgan fingerprint density at radius 1 is 0.523 bits per heavy atom. The van der Waals surface area contributed by atoms with Crippen LogP contribution in [0.3, 0.4) is 0 Å². The Hall–Kier alpha value is -5.95. The normalized spacial score (nSPS) is 12.8. The van der Waals surface area contributed by atoms with Crippen molar-refractivity contribution in [1.29, 1.82) is 0 Å². The lowest BCUT2D eigenvalue weighted by atomic mass is 10.0. The molecule has 7 heteroatoms. The molecule has 5 aromatic carbocycles. The molecule has 0 atom stereocenters. The molecule has 44 heavy (non-hydrogen) atoms. The third-order valence-electron chi connectivity index (χ3n) is 8.15. The Bertz CT molecular complexity index is 2290. The van der Waals surface area contributed by atoms with E-state index in [2.05, 4.69) is 31.7 Å². The van der Waals surface area contributed by atoms with Gasteiger partial charge in [0.25, 0.3) is 11.8 Å². The second-order valence-electron chi connectivity index (χ2n) is 10.9. The number of aromatic nitrogens is 4. The predicted octanol–water partition coefficient (Wildman–Crippen LogP) is 7.72. The molecular weight excluding hydrogens is 546 g/mol. The number of benzene rings is 5. The molecule has 0 fully saturated rings.